The van der Waals surface area contributed by atoms with Crippen molar-refractivity contribution in [1.82, 2.24) is 4.90 Å². The van der Waals surface area contributed by atoms with Gasteiger partial charge < -0.3 is 14.8 Å². The minimum Gasteiger partial charge on any atom is -0.454 e. The van der Waals surface area contributed by atoms with Gasteiger partial charge in [0, 0.05) is 13.0 Å². The van der Waals surface area contributed by atoms with Gasteiger partial charge in [0.1, 0.15) is 4.32 Å². The Balaban J connectivity index is 1.23. The molecule has 34 heavy (non-hydrogen) atoms. The van der Waals surface area contributed by atoms with E-state index in [2.05, 4.69) is 5.32 Å². The molecule has 2 aromatic rings. The van der Waals surface area contributed by atoms with E-state index in [9.17, 15) is 9.59 Å². The highest BCUT2D eigenvalue weighted by molar-refractivity contribution is 8.26. The van der Waals surface area contributed by atoms with Crippen molar-refractivity contribution < 1.29 is 19.1 Å². The Morgan fingerprint density at radius 3 is 2.65 bits per heavy atom. The van der Waals surface area contributed by atoms with Gasteiger partial charge in [-0.15, -0.1) is 0 Å². The molecule has 0 saturated carbocycles. The number of thiocarbonyl (C=S) groups is 1. The van der Waals surface area contributed by atoms with Gasteiger partial charge in [0.25, 0.3) is 5.91 Å². The van der Waals surface area contributed by atoms with E-state index in [1.807, 2.05) is 18.2 Å². The van der Waals surface area contributed by atoms with Gasteiger partial charge in [-0.2, -0.15) is 0 Å². The molecular formula is C23H19Cl3N2O4S2. The smallest absolute Gasteiger partial charge is 0.266 e. The van der Waals surface area contributed by atoms with Crippen LogP contribution in [0.15, 0.2) is 35.2 Å². The standard InChI is InChI=1S/C23H19Cl3N2O4S2/c24-14-10-16(26)17(11-15(14)25)27-21(29)4-2-1-3-7-28-22(30)20(34-23(28)33)9-13-5-6-18-19(8-13)32-12-31-18/h5-6,8-11H,1-4,7,12H2,(H,27,29). The van der Waals surface area contributed by atoms with Crippen molar-refractivity contribution in [3.05, 3.63) is 55.9 Å². The third kappa shape index (κ3) is 5.98. The van der Waals surface area contributed by atoms with E-state index in [4.69, 9.17) is 56.5 Å². The predicted molar refractivity (Wildman–Crippen MR) is 141 cm³/mol. The molecule has 0 aromatic heterocycles. The van der Waals surface area contributed by atoms with Gasteiger partial charge in [0.2, 0.25) is 12.7 Å². The number of anilines is 1. The molecule has 0 unspecified atom stereocenters. The fourth-order valence-corrected chi connectivity index (χ4v) is 5.31. The first-order chi connectivity index (χ1) is 16.3. The first kappa shape index (κ1) is 25.1. The summed E-state index contributed by atoms with van der Waals surface area (Å²) in [4.78, 5) is 27.2. The number of carbonyl (C=O) groups excluding carboxylic acids is 2. The number of fused-ring (bicyclic) bond motifs is 1. The molecule has 6 nitrogen and oxygen atoms in total. The second kappa shape index (κ2) is 11.2. The normalized spacial score (nSPS) is 16.0. The maximum atomic E-state index is 12.8. The zero-order chi connectivity index (χ0) is 24.2. The van der Waals surface area contributed by atoms with Crippen LogP contribution in [-0.4, -0.2) is 34.4 Å². The second-order valence-corrected chi connectivity index (χ2v) is 10.4. The number of amides is 2. The van der Waals surface area contributed by atoms with E-state index in [-0.39, 0.29) is 18.6 Å². The third-order valence-electron chi connectivity index (χ3n) is 5.14. The Morgan fingerprint density at radius 2 is 1.82 bits per heavy atom. The molecule has 1 N–H and O–H groups in total. The molecule has 2 amide bonds. The predicted octanol–water partition coefficient (Wildman–Crippen LogP) is 6.78. The van der Waals surface area contributed by atoms with Gasteiger partial charge in [0.15, 0.2) is 11.5 Å². The van der Waals surface area contributed by atoms with Crippen molar-refractivity contribution in [1.29, 1.82) is 0 Å². The number of hydrogen-bond acceptors (Lipinski definition) is 6. The van der Waals surface area contributed by atoms with E-state index in [1.165, 1.54) is 23.9 Å². The molecule has 2 aromatic carbocycles. The monoisotopic (exact) mass is 556 g/mol. The van der Waals surface area contributed by atoms with Crippen LogP contribution in [0.25, 0.3) is 6.08 Å². The zero-order valence-corrected chi connectivity index (χ0v) is 21.6. The molecular weight excluding hydrogens is 539 g/mol. The summed E-state index contributed by atoms with van der Waals surface area (Å²) in [5.74, 6) is 1.07. The summed E-state index contributed by atoms with van der Waals surface area (Å²) >= 11 is 24.7. The summed E-state index contributed by atoms with van der Waals surface area (Å²) in [5, 5.41) is 3.71. The maximum Gasteiger partial charge on any atom is 0.266 e. The minimum absolute atomic E-state index is 0.111. The largest absolute Gasteiger partial charge is 0.454 e. The van der Waals surface area contributed by atoms with Gasteiger partial charge in [-0.25, -0.2) is 0 Å². The van der Waals surface area contributed by atoms with Crippen molar-refractivity contribution in [2.45, 2.75) is 25.7 Å². The van der Waals surface area contributed by atoms with Crippen molar-refractivity contribution in [3.8, 4) is 11.5 Å². The highest BCUT2D eigenvalue weighted by Crippen LogP contribution is 2.36. The van der Waals surface area contributed by atoms with Crippen LogP contribution in [0.3, 0.4) is 0 Å². The van der Waals surface area contributed by atoms with Crippen LogP contribution in [0.2, 0.25) is 15.1 Å². The van der Waals surface area contributed by atoms with Crippen LogP contribution in [0, 0.1) is 0 Å². The molecule has 1 saturated heterocycles. The summed E-state index contributed by atoms with van der Waals surface area (Å²) < 4.78 is 11.2. The van der Waals surface area contributed by atoms with Crippen molar-refractivity contribution in [2.75, 3.05) is 18.7 Å². The van der Waals surface area contributed by atoms with Crippen molar-refractivity contribution in [3.63, 3.8) is 0 Å². The molecule has 0 radical (unpaired) electrons. The molecule has 2 heterocycles. The topological polar surface area (TPSA) is 67.9 Å². The highest BCUT2D eigenvalue weighted by atomic mass is 35.5. The molecule has 0 aliphatic carbocycles. The number of benzene rings is 2. The van der Waals surface area contributed by atoms with Crippen molar-refractivity contribution >= 4 is 86.7 Å². The van der Waals surface area contributed by atoms with Gasteiger partial charge >= 0.3 is 0 Å². The van der Waals surface area contributed by atoms with E-state index in [0.717, 1.165) is 18.4 Å². The lowest BCUT2D eigenvalue weighted by molar-refractivity contribution is -0.122. The Labute approximate surface area is 221 Å². The SMILES string of the molecule is O=C(CCCCCN1C(=O)C(=Cc2ccc3c(c2)OCO3)SC1=S)Nc1cc(Cl)c(Cl)cc1Cl. The number of halogens is 3. The molecule has 4 rings (SSSR count). The second-order valence-electron chi connectivity index (χ2n) is 7.55. The van der Waals surface area contributed by atoms with Crippen LogP contribution in [-0.2, 0) is 9.59 Å². The first-order valence-electron chi connectivity index (χ1n) is 10.4. The number of ether oxygens (including phenoxy) is 2. The van der Waals surface area contributed by atoms with Gasteiger partial charge in [-0.3, -0.25) is 14.5 Å². The number of nitrogens with one attached hydrogen (secondary N) is 1. The van der Waals surface area contributed by atoms with Gasteiger partial charge in [-0.05, 0) is 48.7 Å². The van der Waals surface area contributed by atoms with Gasteiger partial charge in [0.05, 0.1) is 25.7 Å². The lowest BCUT2D eigenvalue weighted by atomic mass is 10.1. The Kier molecular flexibility index (Phi) is 8.26. The highest BCUT2D eigenvalue weighted by Gasteiger charge is 2.31. The van der Waals surface area contributed by atoms with Crippen LogP contribution >= 0.6 is 58.8 Å². The first-order valence-corrected chi connectivity index (χ1v) is 12.8. The number of carbonyl (C=O) groups is 2. The number of nitrogens with zero attached hydrogens (tertiary/aromatic N) is 1. The quantitative estimate of drug-likeness (QED) is 0.167. The molecule has 2 aliphatic heterocycles. The lowest BCUT2D eigenvalue weighted by Crippen LogP contribution is -2.29. The van der Waals surface area contributed by atoms with E-state index in [1.54, 1.807) is 11.0 Å². The van der Waals surface area contributed by atoms with E-state index in [0.29, 0.717) is 60.9 Å². The molecule has 0 atom stereocenters. The fourth-order valence-electron chi connectivity index (χ4n) is 3.41. The molecule has 178 valence electrons. The summed E-state index contributed by atoms with van der Waals surface area (Å²) in [6.45, 7) is 0.704. The minimum atomic E-state index is -0.169. The summed E-state index contributed by atoms with van der Waals surface area (Å²) in [6, 6.07) is 8.54. The van der Waals surface area contributed by atoms with Gasteiger partial charge in [-0.1, -0.05) is 71.3 Å². The fraction of sp³-hybridized carbons (Fsp3) is 0.261. The summed E-state index contributed by atoms with van der Waals surface area (Å²) in [5.41, 5.74) is 1.27. The Hall–Kier alpha value is -1.97. The lowest BCUT2D eigenvalue weighted by Gasteiger charge is -2.14. The molecule has 11 heteroatoms. The maximum absolute atomic E-state index is 12.8. The summed E-state index contributed by atoms with van der Waals surface area (Å²) in [7, 11) is 0. The van der Waals surface area contributed by atoms with E-state index < -0.39 is 0 Å². The number of hydrogen-bond donors (Lipinski definition) is 1. The number of rotatable bonds is 8. The molecule has 0 bridgehead atoms. The molecule has 1 fully saturated rings. The van der Waals surface area contributed by atoms with Crippen LogP contribution in [0.4, 0.5) is 5.69 Å². The zero-order valence-electron chi connectivity index (χ0n) is 17.7. The van der Waals surface area contributed by atoms with Crippen molar-refractivity contribution in [2.24, 2.45) is 0 Å². The average molecular weight is 558 g/mol. The Morgan fingerprint density at radius 1 is 1.06 bits per heavy atom. The number of thioether (sulfide) groups is 1. The third-order valence-corrected chi connectivity index (χ3v) is 7.55. The van der Waals surface area contributed by atoms with Crippen LogP contribution in [0.1, 0.15) is 31.2 Å². The molecule has 2 aliphatic rings. The Bertz CT molecular complexity index is 1190. The average Bonchev–Trinajstić information content (AvgIpc) is 3.36. The van der Waals surface area contributed by atoms with E-state index >= 15 is 0 Å². The summed E-state index contributed by atoms with van der Waals surface area (Å²) in [6.07, 6.45) is 4.27. The number of unbranched alkanes of at least 4 members (excludes halogenated alkanes) is 2. The van der Waals surface area contributed by atoms with Crippen LogP contribution in [0.5, 0.6) is 11.5 Å². The molecule has 0 spiro atoms. The van der Waals surface area contributed by atoms with Crippen LogP contribution < -0.4 is 14.8 Å².